The second-order valence-corrected chi connectivity index (χ2v) is 23.0. The zero-order valence-electron chi connectivity index (χ0n) is 47.2. The molecule has 1 unspecified atom stereocenters. The number of amides is 4. The average Bonchev–Trinajstić information content (AvgIpc) is 3.40. The van der Waals surface area contributed by atoms with Gasteiger partial charge in [-0.15, -0.1) is 0 Å². The third-order valence-electron chi connectivity index (χ3n) is 16.8. The Morgan fingerprint density at radius 3 is 2.31 bits per heavy atom. The van der Waals surface area contributed by atoms with Crippen molar-refractivity contribution in [2.24, 2.45) is 47.3 Å². The van der Waals surface area contributed by atoms with Gasteiger partial charge in [-0.05, 0) is 81.8 Å². The van der Waals surface area contributed by atoms with Crippen molar-refractivity contribution < 1.29 is 58.7 Å². The molecule has 0 radical (unpaired) electrons. The average molecular weight is 1070 g/mol. The van der Waals surface area contributed by atoms with Crippen molar-refractivity contribution in [3.05, 3.63) is 84.0 Å². The van der Waals surface area contributed by atoms with Crippen LogP contribution in [0.15, 0.2) is 78.4 Å². The molecule has 4 aliphatic heterocycles. The van der Waals surface area contributed by atoms with Crippen molar-refractivity contribution in [3.8, 4) is 0 Å². The molecule has 1 aromatic rings. The molecule has 4 heterocycles. The predicted molar refractivity (Wildman–Crippen MR) is 294 cm³/mol. The van der Waals surface area contributed by atoms with E-state index >= 15 is 0 Å². The number of hydrazine groups is 1. The number of allylic oxidation sites excluding steroid dienone is 5. The van der Waals surface area contributed by atoms with E-state index in [1.54, 1.807) is 39.0 Å². The fraction of sp³-hybridized carbons (Fsp3) is 0.667. The third kappa shape index (κ3) is 16.7. The number of esters is 1. The van der Waals surface area contributed by atoms with Gasteiger partial charge in [0.1, 0.15) is 35.7 Å². The number of fused-ring (bicyclic) bond motifs is 2. The third-order valence-corrected chi connectivity index (χ3v) is 16.8. The number of Topliss-reactive ketones (excluding diaryl/α,β-unsaturated/α-hetero) is 1. The molecule has 4 aliphatic rings. The van der Waals surface area contributed by atoms with Gasteiger partial charge in [0.2, 0.25) is 17.7 Å². The quantitative estimate of drug-likeness (QED) is 0.0776. The molecular formula is C60H91N5O12. The second kappa shape index (κ2) is 29.3. The van der Waals surface area contributed by atoms with Crippen LogP contribution in [0.2, 0.25) is 0 Å². The second-order valence-electron chi connectivity index (χ2n) is 23.0. The molecule has 3 fully saturated rings. The number of hydrogen-bond donors (Lipinski definition) is 8. The molecule has 5 rings (SSSR count). The van der Waals surface area contributed by atoms with Crippen LogP contribution in [0.3, 0.4) is 0 Å². The van der Waals surface area contributed by atoms with Crippen LogP contribution in [0.5, 0.6) is 0 Å². The molecule has 17 atom stereocenters. The van der Waals surface area contributed by atoms with E-state index in [1.165, 1.54) is 18.0 Å². The number of nitrogens with one attached hydrogen (secondary N) is 4. The number of aliphatic hydroxyl groups is 4. The monoisotopic (exact) mass is 1070 g/mol. The molecule has 2 bridgehead atoms. The van der Waals surface area contributed by atoms with Crippen molar-refractivity contribution >= 4 is 35.4 Å². The summed E-state index contributed by atoms with van der Waals surface area (Å²) in [6.45, 7) is 18.5. The van der Waals surface area contributed by atoms with Crippen LogP contribution >= 0.6 is 0 Å². The van der Waals surface area contributed by atoms with Crippen molar-refractivity contribution in [1.82, 2.24) is 26.4 Å². The molecule has 17 heteroatoms. The molecular weight excluding hydrogens is 983 g/mol. The Balaban J connectivity index is 1.34. The van der Waals surface area contributed by atoms with Gasteiger partial charge in [0, 0.05) is 61.8 Å². The van der Waals surface area contributed by atoms with Gasteiger partial charge in [-0.1, -0.05) is 128 Å². The molecule has 77 heavy (non-hydrogen) atoms. The maximum atomic E-state index is 14.5. The van der Waals surface area contributed by atoms with Gasteiger partial charge in [0.05, 0.1) is 36.4 Å². The minimum absolute atomic E-state index is 0.0159. The van der Waals surface area contributed by atoms with E-state index in [0.29, 0.717) is 38.5 Å². The molecule has 428 valence electrons. The molecule has 0 aromatic heterocycles. The summed E-state index contributed by atoms with van der Waals surface area (Å²) in [5, 5.41) is 55.9. The Labute approximate surface area is 457 Å². The summed E-state index contributed by atoms with van der Waals surface area (Å²) >= 11 is 0. The van der Waals surface area contributed by atoms with Crippen molar-refractivity contribution in [2.75, 3.05) is 6.54 Å². The largest absolute Gasteiger partial charge is 0.456 e. The fourth-order valence-electron chi connectivity index (χ4n) is 11.3. The number of carbonyl (C=O) groups excluding carboxylic acids is 6. The number of cyclic esters (lactones) is 1. The number of ether oxygens (including phenoxy) is 2. The number of nitrogens with zero attached hydrogens (tertiary/aromatic N) is 1. The number of rotatable bonds is 15. The number of carbonyl (C=O) groups is 6. The summed E-state index contributed by atoms with van der Waals surface area (Å²) in [7, 11) is 0. The summed E-state index contributed by atoms with van der Waals surface area (Å²) < 4.78 is 12.9. The van der Waals surface area contributed by atoms with E-state index in [-0.39, 0.29) is 73.5 Å². The highest BCUT2D eigenvalue weighted by molar-refractivity contribution is 5.93. The van der Waals surface area contributed by atoms with Gasteiger partial charge in [0.25, 0.3) is 5.91 Å². The van der Waals surface area contributed by atoms with Gasteiger partial charge >= 0.3 is 5.97 Å². The Kier molecular flexibility index (Phi) is 23.9. The first-order valence-corrected chi connectivity index (χ1v) is 28.3. The fourth-order valence-corrected chi connectivity index (χ4v) is 11.3. The van der Waals surface area contributed by atoms with E-state index in [9.17, 15) is 49.2 Å². The summed E-state index contributed by atoms with van der Waals surface area (Å²) in [6, 6.07) is 6.01. The number of benzene rings is 1. The standard InChI is InChI=1S/C60H91N5O12/c1-11-44-32-38(6)60(63-55(44)71)42(10)53(69)41(9)51(77-60)34-49(68)36(4)22-15-12-16-23-37(5)50-28-20-14-19-27-48(67)40(8)54(70)45(30-29-39(7)66)56(72)62-52(35(2)3)57(73)61-47(33-43-24-17-13-18-25-43)58(74)65-31-21-26-46(64-65)59(75)76-50/h12-14,16-20,23-25,27,35-36,38,40-42,44-54,64,67-70H,11,15,21-22,26,28-34H2,1-10H3,(H,61,73)(H,62,72)(H,63,71)/b16-12+,20-14+,27-19+,37-23+/t36-,38-,40-,41-,42-,44-,45+,46?,47-,48-,49-,50-,51-,52-,53-,54+,60+/m0/s1. The molecule has 1 spiro atoms. The highest BCUT2D eigenvalue weighted by Gasteiger charge is 2.57. The highest BCUT2D eigenvalue weighted by Crippen LogP contribution is 2.46. The molecule has 17 nitrogen and oxygen atoms in total. The Morgan fingerprint density at radius 1 is 0.922 bits per heavy atom. The lowest BCUT2D eigenvalue weighted by molar-refractivity contribution is -0.267. The first kappa shape index (κ1) is 62.8. The van der Waals surface area contributed by atoms with Crippen LogP contribution < -0.4 is 21.4 Å². The summed E-state index contributed by atoms with van der Waals surface area (Å²) in [6.07, 6.45) is 11.2. The predicted octanol–water partition coefficient (Wildman–Crippen LogP) is 5.70. The summed E-state index contributed by atoms with van der Waals surface area (Å²) in [5.41, 5.74) is 3.57. The van der Waals surface area contributed by atoms with Gasteiger partial charge < -0.3 is 50.6 Å². The van der Waals surface area contributed by atoms with Crippen LogP contribution in [-0.2, 0) is 44.7 Å². The lowest BCUT2D eigenvalue weighted by Crippen LogP contribution is -2.71. The minimum atomic E-state index is -1.41. The van der Waals surface area contributed by atoms with Crippen LogP contribution in [0.25, 0.3) is 0 Å². The number of ketones is 1. The van der Waals surface area contributed by atoms with Gasteiger partial charge in [-0.25, -0.2) is 5.43 Å². The molecule has 4 amide bonds. The first-order valence-electron chi connectivity index (χ1n) is 28.3. The maximum absolute atomic E-state index is 14.5. The van der Waals surface area contributed by atoms with Crippen LogP contribution in [-0.4, -0.2) is 128 Å². The van der Waals surface area contributed by atoms with Crippen molar-refractivity contribution in [3.63, 3.8) is 0 Å². The molecule has 0 aliphatic carbocycles. The lowest BCUT2D eigenvalue weighted by Gasteiger charge is -2.56. The minimum Gasteiger partial charge on any atom is -0.456 e. The first-order chi connectivity index (χ1) is 36.5. The smallest absolute Gasteiger partial charge is 0.325 e. The van der Waals surface area contributed by atoms with Crippen molar-refractivity contribution in [1.29, 1.82) is 0 Å². The number of aliphatic hydroxyl groups excluding tert-OH is 4. The Morgan fingerprint density at radius 2 is 1.64 bits per heavy atom. The summed E-state index contributed by atoms with van der Waals surface area (Å²) in [4.78, 5) is 82.1. The number of piperidine rings is 1. The van der Waals surface area contributed by atoms with E-state index in [2.05, 4.69) is 28.3 Å². The maximum Gasteiger partial charge on any atom is 0.325 e. The normalized spacial score (nSPS) is 35.2. The Bertz CT molecular complexity index is 2270. The topological polar surface area (TPSA) is 253 Å². The van der Waals surface area contributed by atoms with E-state index in [4.69, 9.17) is 9.47 Å². The SMILES string of the molecule is CC[C@H]1C[C@H](C)[C@@]2(NC1=O)O[C@@H](C[C@H](O)[C@@H](C)CC/C=C/C=C(\C)[C@@H]1C/C=C/C=C/[C@H](O)[C@H](C)[C@@H](O)[C@@H](CCC(C)=O)C(=O)N[C@@H](C(C)C)C(=O)N[C@@H](Cc3ccccc3)C(=O)N3CCCC(N3)C(=O)O1)[C@H](C)[C@H](O)[C@@H]2C. The van der Waals surface area contributed by atoms with Crippen LogP contribution in [0.1, 0.15) is 139 Å². The molecule has 1 aromatic carbocycles. The van der Waals surface area contributed by atoms with Gasteiger partial charge in [-0.2, -0.15) is 0 Å². The van der Waals surface area contributed by atoms with Crippen molar-refractivity contribution in [2.45, 2.75) is 200 Å². The highest BCUT2D eigenvalue weighted by atomic mass is 16.5. The van der Waals surface area contributed by atoms with E-state index < -0.39 is 102 Å². The van der Waals surface area contributed by atoms with Crippen LogP contribution in [0, 0.1) is 47.3 Å². The van der Waals surface area contributed by atoms with Gasteiger partial charge in [0.15, 0.2) is 0 Å². The Hall–Kier alpha value is -5.04. The number of hydrogen-bond acceptors (Lipinski definition) is 13. The molecule has 8 N–H and O–H groups in total. The molecule has 0 saturated carbocycles. The lowest BCUT2D eigenvalue weighted by atomic mass is 9.69. The zero-order valence-corrected chi connectivity index (χ0v) is 47.2. The van der Waals surface area contributed by atoms with E-state index in [1.807, 2.05) is 83.2 Å². The summed E-state index contributed by atoms with van der Waals surface area (Å²) in [5.74, 6) is -5.92. The van der Waals surface area contributed by atoms with E-state index in [0.717, 1.165) is 17.6 Å². The van der Waals surface area contributed by atoms with Crippen LogP contribution in [0.4, 0.5) is 0 Å². The molecule has 3 saturated heterocycles. The zero-order chi connectivity index (χ0) is 56.7. The van der Waals surface area contributed by atoms with Gasteiger partial charge in [-0.3, -0.25) is 29.0 Å².